The molecule has 0 radical (unpaired) electrons. The summed E-state index contributed by atoms with van der Waals surface area (Å²) in [5.74, 6) is -0.478. The highest BCUT2D eigenvalue weighted by Gasteiger charge is 2.15. The molecule has 0 saturated carbocycles. The van der Waals surface area contributed by atoms with E-state index in [-0.39, 0.29) is 13.2 Å². The zero-order valence-corrected chi connectivity index (χ0v) is 6.32. The first kappa shape index (κ1) is 9.88. The fourth-order valence-corrected chi connectivity index (χ4v) is 0.407. The second kappa shape index (κ2) is 5.65. The van der Waals surface area contributed by atoms with Crippen LogP contribution in [0.4, 0.5) is 0 Å². The topological polar surface area (TPSA) is 65.9 Å². The van der Waals surface area contributed by atoms with Crippen molar-refractivity contribution in [2.45, 2.75) is 12.6 Å². The zero-order chi connectivity index (χ0) is 8.69. The van der Waals surface area contributed by atoms with Crippen LogP contribution in [0, 0.1) is 6.57 Å². The number of methoxy groups -OCH3 is 1. The molecule has 0 saturated heterocycles. The zero-order valence-electron chi connectivity index (χ0n) is 6.32. The second-order valence-electron chi connectivity index (χ2n) is 1.84. The van der Waals surface area contributed by atoms with Crippen LogP contribution in [0.15, 0.2) is 0 Å². The Hall–Kier alpha value is -1.12. The van der Waals surface area contributed by atoms with Gasteiger partial charge in [0, 0.05) is 7.11 Å². The van der Waals surface area contributed by atoms with Crippen LogP contribution in [0.3, 0.4) is 0 Å². The Morgan fingerprint density at radius 1 is 1.82 bits per heavy atom. The number of ether oxygens (including phenoxy) is 2. The van der Waals surface area contributed by atoms with Crippen molar-refractivity contribution in [2.75, 3.05) is 13.9 Å². The third kappa shape index (κ3) is 5.33. The molecule has 5 heteroatoms. The lowest BCUT2D eigenvalue weighted by Crippen LogP contribution is -2.21. The van der Waals surface area contributed by atoms with Gasteiger partial charge in [-0.05, 0) is 0 Å². The maximum atomic E-state index is 10.7. The molecular weight excluding hydrogens is 148 g/mol. The van der Waals surface area contributed by atoms with E-state index in [1.54, 1.807) is 0 Å². The number of nitrogens with zero attached hydrogens (tertiary/aromatic N) is 1. The SMILES string of the molecule is C#[N+]C(N)CC(=O)OCOC. The van der Waals surface area contributed by atoms with Crippen molar-refractivity contribution in [3.05, 3.63) is 4.85 Å². The molecule has 0 aromatic rings. The fraction of sp³-hybridized carbons (Fsp3) is 0.667. The van der Waals surface area contributed by atoms with Crippen LogP contribution in [-0.2, 0) is 14.3 Å². The van der Waals surface area contributed by atoms with Crippen molar-refractivity contribution < 1.29 is 14.3 Å². The molecule has 1 unspecified atom stereocenters. The molecule has 0 fully saturated rings. The minimum atomic E-state index is -0.695. The average molecular weight is 159 g/mol. The quantitative estimate of drug-likeness (QED) is 0.454. The van der Waals surface area contributed by atoms with Crippen molar-refractivity contribution in [1.29, 1.82) is 0 Å². The molecule has 5 nitrogen and oxygen atoms in total. The van der Waals surface area contributed by atoms with Crippen LogP contribution >= 0.6 is 0 Å². The molecule has 62 valence electrons. The Morgan fingerprint density at radius 2 is 2.45 bits per heavy atom. The van der Waals surface area contributed by atoms with Crippen molar-refractivity contribution in [3.8, 4) is 6.57 Å². The van der Waals surface area contributed by atoms with E-state index in [4.69, 9.17) is 12.3 Å². The molecule has 1 atom stereocenters. The predicted octanol–water partition coefficient (Wildman–Crippen LogP) is -0.229. The van der Waals surface area contributed by atoms with Crippen molar-refractivity contribution in [3.63, 3.8) is 0 Å². The molecule has 0 rings (SSSR count). The smallest absolute Gasteiger partial charge is 0.334 e. The Kier molecular flexibility index (Phi) is 5.07. The van der Waals surface area contributed by atoms with E-state index in [2.05, 4.69) is 14.3 Å². The second-order valence-corrected chi connectivity index (χ2v) is 1.84. The molecular formula is C6H11N2O3+. The van der Waals surface area contributed by atoms with Gasteiger partial charge in [0.15, 0.2) is 6.79 Å². The maximum absolute atomic E-state index is 10.7. The summed E-state index contributed by atoms with van der Waals surface area (Å²) in [6.07, 6.45) is -0.723. The molecule has 0 aromatic carbocycles. The van der Waals surface area contributed by atoms with Gasteiger partial charge >= 0.3 is 12.1 Å². The Bertz CT molecular complexity index is 164. The molecule has 0 amide bonds. The van der Waals surface area contributed by atoms with Gasteiger partial charge in [-0.2, -0.15) is 0 Å². The van der Waals surface area contributed by atoms with Crippen LogP contribution in [0.25, 0.3) is 4.85 Å². The third-order valence-electron chi connectivity index (χ3n) is 0.905. The van der Waals surface area contributed by atoms with E-state index in [1.807, 2.05) is 0 Å². The number of carbonyl (C=O) groups excluding carboxylic acids is 1. The molecule has 0 aliphatic heterocycles. The molecule has 2 N–H and O–H groups in total. The van der Waals surface area contributed by atoms with Gasteiger partial charge in [0.1, 0.15) is 6.42 Å². The molecule has 11 heavy (non-hydrogen) atoms. The highest BCUT2D eigenvalue weighted by molar-refractivity contribution is 5.70. The Labute approximate surface area is 64.9 Å². The summed E-state index contributed by atoms with van der Waals surface area (Å²) < 4.78 is 8.99. The van der Waals surface area contributed by atoms with Gasteiger partial charge in [-0.1, -0.05) is 4.85 Å². The van der Waals surface area contributed by atoms with Crippen LogP contribution in [0.2, 0.25) is 0 Å². The molecule has 0 heterocycles. The standard InChI is InChI=1S/C6H11N2O3/c1-8-5(7)3-6(9)11-4-10-2/h1,5H,3-4,7H2,2H3/q+1. The summed E-state index contributed by atoms with van der Waals surface area (Å²) in [4.78, 5) is 13.8. The van der Waals surface area contributed by atoms with Crippen molar-refractivity contribution >= 4 is 5.97 Å². The summed E-state index contributed by atoms with van der Waals surface area (Å²) >= 11 is 0. The first-order valence-electron chi connectivity index (χ1n) is 3.01. The lowest BCUT2D eigenvalue weighted by Gasteiger charge is -1.99. The number of esters is 1. The minimum absolute atomic E-state index is 0.0279. The summed E-state index contributed by atoms with van der Waals surface area (Å²) in [5.41, 5.74) is 5.21. The highest BCUT2D eigenvalue weighted by Crippen LogP contribution is 1.92. The normalized spacial score (nSPS) is 11.7. The number of hydrogen-bond acceptors (Lipinski definition) is 4. The van der Waals surface area contributed by atoms with E-state index < -0.39 is 12.1 Å². The number of nitrogens with two attached hydrogens (primary N) is 1. The molecule has 0 aromatic heterocycles. The van der Waals surface area contributed by atoms with E-state index in [1.165, 1.54) is 7.11 Å². The Morgan fingerprint density at radius 3 is 2.91 bits per heavy atom. The van der Waals surface area contributed by atoms with Gasteiger partial charge in [-0.25, -0.2) is 0 Å². The summed E-state index contributed by atoms with van der Waals surface area (Å²) in [6.45, 7) is 4.74. The third-order valence-corrected chi connectivity index (χ3v) is 0.905. The summed E-state index contributed by atoms with van der Waals surface area (Å²) in [5, 5.41) is 0. The van der Waals surface area contributed by atoms with E-state index in [0.717, 1.165) is 0 Å². The predicted molar refractivity (Wildman–Crippen MR) is 38.9 cm³/mol. The number of carbonyl (C=O) groups is 1. The largest absolute Gasteiger partial charge is 0.438 e. The van der Waals surface area contributed by atoms with Crippen LogP contribution < -0.4 is 5.73 Å². The monoisotopic (exact) mass is 159 g/mol. The van der Waals surface area contributed by atoms with E-state index in [0.29, 0.717) is 0 Å². The van der Waals surface area contributed by atoms with Crippen LogP contribution in [-0.4, -0.2) is 26.0 Å². The van der Waals surface area contributed by atoms with Crippen molar-refractivity contribution in [1.82, 2.24) is 0 Å². The molecule has 0 spiro atoms. The number of rotatable bonds is 4. The van der Waals surface area contributed by atoms with Crippen LogP contribution in [0.5, 0.6) is 0 Å². The first-order valence-corrected chi connectivity index (χ1v) is 3.01. The minimum Gasteiger partial charge on any atom is -0.438 e. The first-order chi connectivity index (χ1) is 5.20. The van der Waals surface area contributed by atoms with Gasteiger partial charge in [-0.3, -0.25) is 10.5 Å². The molecule has 0 bridgehead atoms. The Balaban J connectivity index is 3.46. The highest BCUT2D eigenvalue weighted by atomic mass is 16.7. The molecule has 0 aliphatic rings. The summed E-state index contributed by atoms with van der Waals surface area (Å²) in [7, 11) is 1.42. The lowest BCUT2D eigenvalue weighted by molar-refractivity contribution is -0.154. The fourth-order valence-electron chi connectivity index (χ4n) is 0.407. The van der Waals surface area contributed by atoms with Crippen LogP contribution in [0.1, 0.15) is 6.42 Å². The maximum Gasteiger partial charge on any atom is 0.334 e. The van der Waals surface area contributed by atoms with E-state index >= 15 is 0 Å². The average Bonchev–Trinajstić information content (AvgIpc) is 2.00. The van der Waals surface area contributed by atoms with Crippen molar-refractivity contribution in [2.24, 2.45) is 5.73 Å². The van der Waals surface area contributed by atoms with E-state index in [9.17, 15) is 4.79 Å². The lowest BCUT2D eigenvalue weighted by atomic mass is 10.4. The number of hydrogen-bond donors (Lipinski definition) is 1. The summed E-state index contributed by atoms with van der Waals surface area (Å²) in [6, 6.07) is 0. The van der Waals surface area contributed by atoms with Gasteiger partial charge in [0.25, 0.3) is 6.57 Å². The van der Waals surface area contributed by atoms with Gasteiger partial charge < -0.3 is 9.47 Å². The van der Waals surface area contributed by atoms with Gasteiger partial charge in [-0.15, -0.1) is 0 Å². The van der Waals surface area contributed by atoms with Gasteiger partial charge in [0.05, 0.1) is 0 Å². The van der Waals surface area contributed by atoms with Gasteiger partial charge in [0.2, 0.25) is 0 Å². The molecule has 0 aliphatic carbocycles.